The number of alkyl halides is 3. The van der Waals surface area contributed by atoms with Crippen molar-refractivity contribution in [3.63, 3.8) is 0 Å². The predicted molar refractivity (Wildman–Crippen MR) is 74.3 cm³/mol. The summed E-state index contributed by atoms with van der Waals surface area (Å²) in [5.41, 5.74) is 0.651. The molecule has 2 unspecified atom stereocenters. The Bertz CT molecular complexity index is 503. The summed E-state index contributed by atoms with van der Waals surface area (Å²) in [7, 11) is 0. The molecule has 2 N–H and O–H groups in total. The molecule has 1 amide bonds. The first-order chi connectivity index (χ1) is 10.2. The van der Waals surface area contributed by atoms with Gasteiger partial charge < -0.3 is 10.4 Å². The number of halogens is 3. The number of hydrogen-bond donors (Lipinski definition) is 2. The van der Waals surface area contributed by atoms with Gasteiger partial charge >= 0.3 is 12.1 Å². The van der Waals surface area contributed by atoms with Gasteiger partial charge in [-0.15, -0.1) is 0 Å². The Morgan fingerprint density at radius 2 is 1.82 bits per heavy atom. The number of carboxylic acids is 1. The first-order valence-electron chi connectivity index (χ1n) is 6.89. The fourth-order valence-corrected chi connectivity index (χ4v) is 2.13. The van der Waals surface area contributed by atoms with Crippen molar-refractivity contribution in [2.45, 2.75) is 44.3 Å². The molecule has 0 saturated heterocycles. The highest BCUT2D eigenvalue weighted by Gasteiger charge is 2.37. The summed E-state index contributed by atoms with van der Waals surface area (Å²) in [5, 5.41) is 10.9. The molecule has 2 atom stereocenters. The molecule has 0 heterocycles. The third-order valence-electron chi connectivity index (χ3n) is 3.15. The maximum Gasteiger partial charge on any atom is 0.391 e. The highest BCUT2D eigenvalue weighted by Crippen LogP contribution is 2.24. The molecule has 0 aliphatic carbocycles. The summed E-state index contributed by atoms with van der Waals surface area (Å²) in [6.45, 7) is 1.84. The summed E-state index contributed by atoms with van der Waals surface area (Å²) in [5.74, 6) is -3.07. The van der Waals surface area contributed by atoms with Crippen LogP contribution in [0.3, 0.4) is 0 Å². The van der Waals surface area contributed by atoms with E-state index in [-0.39, 0.29) is 0 Å². The Hall–Kier alpha value is -2.05. The van der Waals surface area contributed by atoms with Crippen molar-refractivity contribution in [1.29, 1.82) is 0 Å². The minimum atomic E-state index is -4.66. The van der Waals surface area contributed by atoms with Gasteiger partial charge in [-0.2, -0.15) is 13.2 Å². The Morgan fingerprint density at radius 1 is 1.23 bits per heavy atom. The van der Waals surface area contributed by atoms with Gasteiger partial charge in [0, 0.05) is 0 Å². The average Bonchev–Trinajstić information content (AvgIpc) is 2.43. The lowest BCUT2D eigenvalue weighted by Gasteiger charge is -2.21. The van der Waals surface area contributed by atoms with Gasteiger partial charge in [0.15, 0.2) is 0 Å². The van der Waals surface area contributed by atoms with E-state index in [1.54, 1.807) is 30.3 Å². The molecule has 0 fully saturated rings. The molecule has 22 heavy (non-hydrogen) atoms. The average molecular weight is 317 g/mol. The van der Waals surface area contributed by atoms with Crippen molar-refractivity contribution < 1.29 is 27.9 Å². The van der Waals surface area contributed by atoms with E-state index in [1.165, 1.54) is 0 Å². The molecule has 0 aliphatic heterocycles. The van der Waals surface area contributed by atoms with Crippen LogP contribution in [0.15, 0.2) is 30.3 Å². The van der Waals surface area contributed by atoms with E-state index in [0.29, 0.717) is 18.4 Å². The highest BCUT2D eigenvalue weighted by atomic mass is 19.4. The molecular weight excluding hydrogens is 299 g/mol. The molecule has 122 valence electrons. The van der Waals surface area contributed by atoms with Crippen LogP contribution in [0.5, 0.6) is 0 Å². The van der Waals surface area contributed by atoms with Gasteiger partial charge in [0.25, 0.3) is 0 Å². The molecule has 1 aromatic rings. The predicted octanol–water partition coefficient (Wildman–Crippen LogP) is 3.09. The zero-order chi connectivity index (χ0) is 16.8. The van der Waals surface area contributed by atoms with Crippen LogP contribution >= 0.6 is 0 Å². The largest absolute Gasteiger partial charge is 0.480 e. The number of carbonyl (C=O) groups excluding carboxylic acids is 1. The van der Waals surface area contributed by atoms with Gasteiger partial charge in [-0.1, -0.05) is 43.7 Å². The van der Waals surface area contributed by atoms with Crippen LogP contribution in [0, 0.1) is 0 Å². The molecule has 0 spiro atoms. The minimum absolute atomic E-state index is 0.425. The van der Waals surface area contributed by atoms with E-state index in [4.69, 9.17) is 5.11 Å². The number of nitrogens with one attached hydrogen (secondary N) is 1. The molecule has 1 aromatic carbocycles. The van der Waals surface area contributed by atoms with Gasteiger partial charge in [-0.05, 0) is 12.0 Å². The van der Waals surface area contributed by atoms with E-state index in [0.717, 1.165) is 0 Å². The molecule has 7 heteroatoms. The SMILES string of the molecule is CCCC(C(=O)NC(CC(F)(F)F)C(=O)O)c1ccccc1. The fourth-order valence-electron chi connectivity index (χ4n) is 2.13. The van der Waals surface area contributed by atoms with Crippen molar-refractivity contribution in [3.05, 3.63) is 35.9 Å². The number of carboxylic acid groups (broad SMARTS) is 1. The molecule has 0 saturated carbocycles. The number of carbonyl (C=O) groups is 2. The Labute approximate surface area is 126 Å². The monoisotopic (exact) mass is 317 g/mol. The van der Waals surface area contributed by atoms with Gasteiger partial charge in [-0.3, -0.25) is 4.79 Å². The van der Waals surface area contributed by atoms with Gasteiger partial charge in [0.1, 0.15) is 6.04 Å². The zero-order valence-corrected chi connectivity index (χ0v) is 12.1. The number of amides is 1. The smallest absolute Gasteiger partial charge is 0.391 e. The van der Waals surface area contributed by atoms with Crippen LogP contribution in [0.4, 0.5) is 13.2 Å². The zero-order valence-electron chi connectivity index (χ0n) is 12.1. The van der Waals surface area contributed by atoms with Crippen molar-refractivity contribution in [1.82, 2.24) is 5.32 Å². The lowest BCUT2D eigenvalue weighted by atomic mass is 9.93. The standard InChI is InChI=1S/C15H18F3NO3/c1-2-6-11(10-7-4-3-5-8-10)13(20)19-12(14(21)22)9-15(16,17)18/h3-5,7-8,11-12H,2,6,9H2,1H3,(H,19,20)(H,21,22). The fraction of sp³-hybridized carbons (Fsp3) is 0.467. The quantitative estimate of drug-likeness (QED) is 0.812. The Balaban J connectivity index is 2.87. The molecule has 0 bridgehead atoms. The number of hydrogen-bond acceptors (Lipinski definition) is 2. The second kappa shape index (κ2) is 7.82. The Kier molecular flexibility index (Phi) is 6.39. The number of benzene rings is 1. The maximum absolute atomic E-state index is 12.4. The highest BCUT2D eigenvalue weighted by molar-refractivity contribution is 5.88. The van der Waals surface area contributed by atoms with E-state index < -0.39 is 36.4 Å². The molecule has 0 aliphatic rings. The van der Waals surface area contributed by atoms with Gasteiger partial charge in [0.05, 0.1) is 12.3 Å². The van der Waals surface area contributed by atoms with Crippen LogP contribution in [-0.4, -0.2) is 29.2 Å². The topological polar surface area (TPSA) is 66.4 Å². The molecule has 0 radical (unpaired) electrons. The lowest BCUT2D eigenvalue weighted by Crippen LogP contribution is -2.45. The summed E-state index contributed by atoms with van der Waals surface area (Å²) in [6.07, 6.45) is -5.19. The molecular formula is C15H18F3NO3. The number of aliphatic carboxylic acids is 1. The second-order valence-electron chi connectivity index (χ2n) is 4.97. The van der Waals surface area contributed by atoms with E-state index in [9.17, 15) is 22.8 Å². The second-order valence-corrected chi connectivity index (χ2v) is 4.97. The van der Waals surface area contributed by atoms with E-state index >= 15 is 0 Å². The lowest BCUT2D eigenvalue weighted by molar-refractivity contribution is -0.160. The summed E-state index contributed by atoms with van der Waals surface area (Å²) in [4.78, 5) is 23.1. The molecule has 1 rings (SSSR count). The van der Waals surface area contributed by atoms with Crippen LogP contribution in [0.25, 0.3) is 0 Å². The van der Waals surface area contributed by atoms with Crippen molar-refractivity contribution >= 4 is 11.9 Å². The first-order valence-corrected chi connectivity index (χ1v) is 6.89. The first kappa shape index (κ1) is 18.0. The Morgan fingerprint density at radius 3 is 2.27 bits per heavy atom. The number of rotatable bonds is 7. The minimum Gasteiger partial charge on any atom is -0.480 e. The van der Waals surface area contributed by atoms with Crippen LogP contribution in [0.1, 0.15) is 37.7 Å². The van der Waals surface area contributed by atoms with Crippen LogP contribution in [-0.2, 0) is 9.59 Å². The normalized spacial score (nSPS) is 14.2. The van der Waals surface area contributed by atoms with Crippen molar-refractivity contribution in [3.8, 4) is 0 Å². The van der Waals surface area contributed by atoms with Crippen molar-refractivity contribution in [2.24, 2.45) is 0 Å². The van der Waals surface area contributed by atoms with Crippen molar-refractivity contribution in [2.75, 3.05) is 0 Å². The van der Waals surface area contributed by atoms with E-state index in [1.807, 2.05) is 12.2 Å². The summed E-state index contributed by atoms with van der Waals surface area (Å²) < 4.78 is 37.1. The van der Waals surface area contributed by atoms with Crippen LogP contribution in [0.2, 0.25) is 0 Å². The summed E-state index contributed by atoms with van der Waals surface area (Å²) >= 11 is 0. The third kappa shape index (κ3) is 5.75. The molecule has 0 aromatic heterocycles. The summed E-state index contributed by atoms with van der Waals surface area (Å²) in [6, 6.07) is 6.61. The van der Waals surface area contributed by atoms with E-state index in [2.05, 4.69) is 0 Å². The van der Waals surface area contributed by atoms with Gasteiger partial charge in [0.2, 0.25) is 5.91 Å². The van der Waals surface area contributed by atoms with Gasteiger partial charge in [-0.25, -0.2) is 4.79 Å². The van der Waals surface area contributed by atoms with Crippen LogP contribution < -0.4 is 5.32 Å². The maximum atomic E-state index is 12.4. The molecule has 4 nitrogen and oxygen atoms in total. The third-order valence-corrected chi connectivity index (χ3v) is 3.15.